The third-order valence-electron chi connectivity index (χ3n) is 2.07. The standard InChI is InChI=1S/C9H9N5O2/c1-14-9(10-12-13-14)8(11-16)6-2-4-7(15)5-3-6/h2-5,15-16H,1H3. The third-order valence-corrected chi connectivity index (χ3v) is 2.07. The van der Waals surface area contributed by atoms with Crippen LogP contribution in [-0.2, 0) is 7.05 Å². The highest BCUT2D eigenvalue weighted by Crippen LogP contribution is 2.12. The van der Waals surface area contributed by atoms with Crippen molar-refractivity contribution in [2.24, 2.45) is 12.2 Å². The minimum atomic E-state index is 0.136. The second kappa shape index (κ2) is 3.97. The average Bonchev–Trinajstić information content (AvgIpc) is 2.69. The maximum absolute atomic E-state index is 9.15. The van der Waals surface area contributed by atoms with Gasteiger partial charge in [-0.1, -0.05) is 5.16 Å². The van der Waals surface area contributed by atoms with Crippen molar-refractivity contribution in [3.8, 4) is 5.75 Å². The Bertz CT molecular complexity index is 517. The Kier molecular flexibility index (Phi) is 2.50. The molecule has 2 N–H and O–H groups in total. The number of nitrogens with zero attached hydrogens (tertiary/aromatic N) is 5. The van der Waals surface area contributed by atoms with Crippen LogP contribution in [0.15, 0.2) is 29.4 Å². The van der Waals surface area contributed by atoms with E-state index in [2.05, 4.69) is 20.7 Å². The van der Waals surface area contributed by atoms with Gasteiger partial charge >= 0.3 is 0 Å². The molecule has 0 aliphatic carbocycles. The molecule has 2 rings (SSSR count). The molecule has 1 aromatic heterocycles. The summed E-state index contributed by atoms with van der Waals surface area (Å²) in [6, 6.07) is 6.20. The number of rotatable bonds is 2. The zero-order chi connectivity index (χ0) is 11.5. The minimum absolute atomic E-state index is 0.136. The predicted octanol–water partition coefficient (Wildman–Crippen LogP) is 0.142. The normalized spacial score (nSPS) is 11.7. The van der Waals surface area contributed by atoms with Crippen molar-refractivity contribution in [3.63, 3.8) is 0 Å². The van der Waals surface area contributed by atoms with Gasteiger partial charge < -0.3 is 10.3 Å². The van der Waals surface area contributed by atoms with Gasteiger partial charge in [0.05, 0.1) is 0 Å². The highest BCUT2D eigenvalue weighted by molar-refractivity contribution is 6.10. The van der Waals surface area contributed by atoms with Crippen LogP contribution < -0.4 is 0 Å². The van der Waals surface area contributed by atoms with Gasteiger partial charge in [0.25, 0.3) is 0 Å². The van der Waals surface area contributed by atoms with E-state index in [1.165, 1.54) is 16.8 Å². The molecule has 0 spiro atoms. The first kappa shape index (κ1) is 10.1. The molecule has 0 radical (unpaired) electrons. The van der Waals surface area contributed by atoms with Gasteiger partial charge in [0.1, 0.15) is 5.75 Å². The summed E-state index contributed by atoms with van der Waals surface area (Å²) in [6.07, 6.45) is 0. The Morgan fingerprint density at radius 2 is 2.00 bits per heavy atom. The first-order chi connectivity index (χ1) is 7.72. The van der Waals surface area contributed by atoms with E-state index in [1.54, 1.807) is 19.2 Å². The summed E-state index contributed by atoms with van der Waals surface area (Å²) < 4.78 is 1.39. The molecule has 0 aliphatic rings. The summed E-state index contributed by atoms with van der Waals surface area (Å²) in [5.41, 5.74) is 0.853. The van der Waals surface area contributed by atoms with Crippen molar-refractivity contribution >= 4 is 5.71 Å². The first-order valence-electron chi connectivity index (χ1n) is 4.46. The van der Waals surface area contributed by atoms with E-state index in [4.69, 9.17) is 10.3 Å². The number of aromatic hydroxyl groups is 1. The largest absolute Gasteiger partial charge is 0.508 e. The Hall–Kier alpha value is -2.44. The highest BCUT2D eigenvalue weighted by atomic mass is 16.4. The second-order valence-electron chi connectivity index (χ2n) is 3.12. The summed E-state index contributed by atoms with van der Waals surface area (Å²) in [6.45, 7) is 0. The highest BCUT2D eigenvalue weighted by Gasteiger charge is 2.14. The van der Waals surface area contributed by atoms with Crippen LogP contribution in [0, 0.1) is 0 Å². The fourth-order valence-electron chi connectivity index (χ4n) is 1.28. The quantitative estimate of drug-likeness (QED) is 0.425. The van der Waals surface area contributed by atoms with Crippen LogP contribution in [-0.4, -0.2) is 36.2 Å². The maximum atomic E-state index is 9.15. The fraction of sp³-hybridized carbons (Fsp3) is 0.111. The number of aryl methyl sites for hydroxylation is 1. The van der Waals surface area contributed by atoms with Gasteiger partial charge in [-0.3, -0.25) is 0 Å². The molecule has 0 unspecified atom stereocenters. The lowest BCUT2D eigenvalue weighted by molar-refractivity contribution is 0.319. The van der Waals surface area contributed by atoms with Gasteiger partial charge in [-0.2, -0.15) is 0 Å². The third kappa shape index (κ3) is 1.70. The van der Waals surface area contributed by atoms with Crippen LogP contribution in [0.2, 0.25) is 0 Å². The van der Waals surface area contributed by atoms with Crippen molar-refractivity contribution in [1.82, 2.24) is 20.2 Å². The van der Waals surface area contributed by atoms with E-state index in [1.807, 2.05) is 0 Å². The molecule has 1 aromatic carbocycles. The smallest absolute Gasteiger partial charge is 0.204 e. The molecule has 82 valence electrons. The first-order valence-corrected chi connectivity index (χ1v) is 4.46. The van der Waals surface area contributed by atoms with E-state index >= 15 is 0 Å². The van der Waals surface area contributed by atoms with Gasteiger partial charge in [0, 0.05) is 12.6 Å². The molecule has 1 heterocycles. The molecule has 7 heteroatoms. The molecule has 7 nitrogen and oxygen atoms in total. The van der Waals surface area contributed by atoms with E-state index in [9.17, 15) is 0 Å². The van der Waals surface area contributed by atoms with Crippen LogP contribution in [0.4, 0.5) is 0 Å². The monoisotopic (exact) mass is 219 g/mol. The van der Waals surface area contributed by atoms with Gasteiger partial charge in [0.15, 0.2) is 5.71 Å². The molecular formula is C9H9N5O2. The average molecular weight is 219 g/mol. The molecular weight excluding hydrogens is 210 g/mol. The molecule has 0 aliphatic heterocycles. The van der Waals surface area contributed by atoms with Gasteiger partial charge in [-0.25, -0.2) is 4.68 Å². The maximum Gasteiger partial charge on any atom is 0.204 e. The number of hydrogen-bond acceptors (Lipinski definition) is 6. The number of benzene rings is 1. The summed E-state index contributed by atoms with van der Waals surface area (Å²) in [4.78, 5) is 0. The molecule has 2 aromatic rings. The van der Waals surface area contributed by atoms with Crippen molar-refractivity contribution in [1.29, 1.82) is 0 Å². The molecule has 0 fully saturated rings. The predicted molar refractivity (Wildman–Crippen MR) is 54.3 cm³/mol. The van der Waals surface area contributed by atoms with E-state index < -0.39 is 0 Å². The van der Waals surface area contributed by atoms with Crippen LogP contribution in [0.25, 0.3) is 0 Å². The van der Waals surface area contributed by atoms with Crippen LogP contribution in [0.3, 0.4) is 0 Å². The van der Waals surface area contributed by atoms with E-state index in [0.29, 0.717) is 11.4 Å². The number of hydrogen-bond donors (Lipinski definition) is 2. The number of tetrazole rings is 1. The number of aromatic nitrogens is 4. The van der Waals surface area contributed by atoms with Gasteiger partial charge in [-0.15, -0.1) is 5.10 Å². The number of phenolic OH excluding ortho intramolecular Hbond substituents is 1. The Morgan fingerprint density at radius 3 is 2.50 bits per heavy atom. The summed E-state index contributed by atoms with van der Waals surface area (Å²) in [7, 11) is 1.64. The zero-order valence-electron chi connectivity index (χ0n) is 8.44. The van der Waals surface area contributed by atoms with Crippen LogP contribution in [0.1, 0.15) is 11.4 Å². The zero-order valence-corrected chi connectivity index (χ0v) is 8.44. The fourth-order valence-corrected chi connectivity index (χ4v) is 1.28. The lowest BCUT2D eigenvalue weighted by atomic mass is 10.1. The van der Waals surface area contributed by atoms with Crippen molar-refractivity contribution in [2.75, 3.05) is 0 Å². The minimum Gasteiger partial charge on any atom is -0.508 e. The van der Waals surface area contributed by atoms with Gasteiger partial charge in [0.2, 0.25) is 5.82 Å². The van der Waals surface area contributed by atoms with Crippen LogP contribution in [0.5, 0.6) is 5.75 Å². The van der Waals surface area contributed by atoms with Gasteiger partial charge in [-0.05, 0) is 34.7 Å². The lowest BCUT2D eigenvalue weighted by Crippen LogP contribution is -2.11. The van der Waals surface area contributed by atoms with E-state index in [0.717, 1.165) is 0 Å². The topological polar surface area (TPSA) is 96.4 Å². The summed E-state index contributed by atoms with van der Waals surface area (Å²) in [5.74, 6) is 0.477. The van der Waals surface area contributed by atoms with Crippen molar-refractivity contribution in [3.05, 3.63) is 35.7 Å². The molecule has 0 atom stereocenters. The summed E-state index contributed by atoms with van der Waals surface area (Å²) in [5, 5.41) is 32.1. The molecule has 0 saturated heterocycles. The molecule has 0 bridgehead atoms. The second-order valence-corrected chi connectivity index (χ2v) is 3.12. The lowest BCUT2D eigenvalue weighted by Gasteiger charge is -2.02. The SMILES string of the molecule is Cn1nnnc1C(=NO)c1ccc(O)cc1. The van der Waals surface area contributed by atoms with Crippen LogP contribution >= 0.6 is 0 Å². The van der Waals surface area contributed by atoms with Crippen molar-refractivity contribution < 1.29 is 10.3 Å². The number of oxime groups is 1. The molecule has 0 saturated carbocycles. The van der Waals surface area contributed by atoms with Crippen molar-refractivity contribution in [2.45, 2.75) is 0 Å². The van der Waals surface area contributed by atoms with E-state index in [-0.39, 0.29) is 11.5 Å². The summed E-state index contributed by atoms with van der Waals surface area (Å²) >= 11 is 0. The number of phenols is 1. The Morgan fingerprint density at radius 1 is 1.31 bits per heavy atom. The Labute approximate surface area is 90.6 Å². The Balaban J connectivity index is 2.46. The molecule has 16 heavy (non-hydrogen) atoms. The molecule has 0 amide bonds.